The highest BCUT2D eigenvalue weighted by molar-refractivity contribution is 6.33. The van der Waals surface area contributed by atoms with Crippen LogP contribution >= 0.6 is 11.6 Å². The number of hydrogen-bond acceptors (Lipinski definition) is 3. The predicted octanol–water partition coefficient (Wildman–Crippen LogP) is 3.04. The zero-order valence-electron chi connectivity index (χ0n) is 11.1. The Bertz CT molecular complexity index is 478. The van der Waals surface area contributed by atoms with Gasteiger partial charge in [-0.2, -0.15) is 0 Å². The van der Waals surface area contributed by atoms with E-state index >= 15 is 0 Å². The van der Waals surface area contributed by atoms with E-state index in [-0.39, 0.29) is 5.56 Å². The van der Waals surface area contributed by atoms with Crippen LogP contribution in [0.1, 0.15) is 30.1 Å². The lowest BCUT2D eigenvalue weighted by Gasteiger charge is -2.39. The third-order valence-corrected chi connectivity index (χ3v) is 3.97. The minimum atomic E-state index is -0.959. The highest BCUT2D eigenvalue weighted by Gasteiger charge is 2.26. The van der Waals surface area contributed by atoms with Crippen molar-refractivity contribution in [3.63, 3.8) is 0 Å². The number of carboxylic acid groups (broad SMARTS) is 1. The number of ether oxygens (including phenoxy) is 1. The maximum Gasteiger partial charge on any atom is 0.335 e. The number of carbonyl (C=O) groups is 1. The molecule has 19 heavy (non-hydrogen) atoms. The minimum absolute atomic E-state index is 0.216. The molecule has 4 nitrogen and oxygen atoms in total. The number of anilines is 1. The van der Waals surface area contributed by atoms with Gasteiger partial charge in [0.2, 0.25) is 0 Å². The third kappa shape index (κ3) is 3.01. The monoisotopic (exact) mass is 283 g/mol. The van der Waals surface area contributed by atoms with Crippen molar-refractivity contribution in [2.45, 2.75) is 31.9 Å². The highest BCUT2D eigenvalue weighted by atomic mass is 35.5. The molecule has 0 aromatic heterocycles. The van der Waals surface area contributed by atoms with Crippen LogP contribution in [-0.4, -0.2) is 36.9 Å². The van der Waals surface area contributed by atoms with Gasteiger partial charge in [0, 0.05) is 19.7 Å². The van der Waals surface area contributed by atoms with Crippen LogP contribution in [0.4, 0.5) is 5.69 Å². The van der Waals surface area contributed by atoms with Crippen molar-refractivity contribution >= 4 is 23.3 Å². The summed E-state index contributed by atoms with van der Waals surface area (Å²) in [6, 6.07) is 5.22. The first kappa shape index (κ1) is 14.2. The number of benzene rings is 1. The Morgan fingerprint density at radius 1 is 1.53 bits per heavy atom. The fraction of sp³-hybridized carbons (Fsp3) is 0.500. The zero-order valence-corrected chi connectivity index (χ0v) is 11.9. The molecular weight excluding hydrogens is 266 g/mol. The molecule has 0 spiro atoms. The molecule has 1 saturated heterocycles. The molecule has 1 fully saturated rings. The first-order chi connectivity index (χ1) is 9.02. The number of hydrogen-bond donors (Lipinski definition) is 1. The van der Waals surface area contributed by atoms with Crippen LogP contribution in [0.3, 0.4) is 0 Å². The van der Waals surface area contributed by atoms with E-state index in [0.29, 0.717) is 17.2 Å². The molecule has 1 aromatic rings. The van der Waals surface area contributed by atoms with Gasteiger partial charge in [-0.05, 0) is 38.0 Å². The molecule has 0 amide bonds. The Labute approximate surface area is 117 Å². The number of methoxy groups -OCH3 is 1. The number of aromatic carboxylic acids is 1. The number of nitrogens with zero attached hydrogens (tertiary/aromatic N) is 1. The Morgan fingerprint density at radius 2 is 2.26 bits per heavy atom. The number of halogens is 1. The Morgan fingerprint density at radius 3 is 2.79 bits per heavy atom. The SMILES string of the molecule is COC1CCN(c2ccc(C(=O)O)cc2Cl)C(C)C1. The van der Waals surface area contributed by atoms with Crippen LogP contribution in [0.2, 0.25) is 5.02 Å². The number of piperidine rings is 1. The summed E-state index contributed by atoms with van der Waals surface area (Å²) in [5.41, 5.74) is 1.11. The van der Waals surface area contributed by atoms with Crippen molar-refractivity contribution < 1.29 is 14.6 Å². The molecule has 1 heterocycles. The quantitative estimate of drug-likeness (QED) is 0.926. The Balaban J connectivity index is 2.20. The van der Waals surface area contributed by atoms with E-state index in [9.17, 15) is 4.79 Å². The maximum absolute atomic E-state index is 10.9. The molecule has 2 rings (SSSR count). The molecule has 0 aliphatic carbocycles. The summed E-state index contributed by atoms with van der Waals surface area (Å²) in [4.78, 5) is 13.1. The molecule has 1 N–H and O–H groups in total. The van der Waals surface area contributed by atoms with Crippen molar-refractivity contribution in [3.05, 3.63) is 28.8 Å². The smallest absolute Gasteiger partial charge is 0.335 e. The molecule has 2 unspecified atom stereocenters. The second-order valence-electron chi connectivity index (χ2n) is 4.90. The van der Waals surface area contributed by atoms with Gasteiger partial charge in [-0.15, -0.1) is 0 Å². The van der Waals surface area contributed by atoms with Crippen molar-refractivity contribution in [3.8, 4) is 0 Å². The molecule has 0 bridgehead atoms. The first-order valence-electron chi connectivity index (χ1n) is 6.35. The van der Waals surface area contributed by atoms with Gasteiger partial charge in [-0.1, -0.05) is 11.6 Å². The van der Waals surface area contributed by atoms with Crippen LogP contribution in [0, 0.1) is 0 Å². The Hall–Kier alpha value is -1.26. The van der Waals surface area contributed by atoms with Crippen LogP contribution in [-0.2, 0) is 4.74 Å². The summed E-state index contributed by atoms with van der Waals surface area (Å²) in [7, 11) is 1.74. The third-order valence-electron chi connectivity index (χ3n) is 3.67. The van der Waals surface area contributed by atoms with E-state index in [1.165, 1.54) is 6.07 Å². The predicted molar refractivity (Wildman–Crippen MR) is 75.3 cm³/mol. The topological polar surface area (TPSA) is 49.8 Å². The molecule has 104 valence electrons. The van der Waals surface area contributed by atoms with E-state index in [2.05, 4.69) is 11.8 Å². The van der Waals surface area contributed by atoms with E-state index in [4.69, 9.17) is 21.4 Å². The first-order valence-corrected chi connectivity index (χ1v) is 6.73. The molecular formula is C14H18ClNO3. The summed E-state index contributed by atoms with van der Waals surface area (Å²) in [5, 5.41) is 9.43. The average Bonchev–Trinajstić information content (AvgIpc) is 2.39. The van der Waals surface area contributed by atoms with Crippen molar-refractivity contribution in [1.29, 1.82) is 0 Å². The lowest BCUT2D eigenvalue weighted by atomic mass is 9.99. The zero-order chi connectivity index (χ0) is 14.0. The van der Waals surface area contributed by atoms with Gasteiger partial charge < -0.3 is 14.7 Å². The van der Waals surface area contributed by atoms with Gasteiger partial charge in [0.25, 0.3) is 0 Å². The molecule has 1 aliphatic heterocycles. The van der Waals surface area contributed by atoms with Gasteiger partial charge in [0.15, 0.2) is 0 Å². The van der Waals surface area contributed by atoms with E-state index in [1.807, 2.05) is 0 Å². The van der Waals surface area contributed by atoms with Crippen LogP contribution < -0.4 is 4.90 Å². The van der Waals surface area contributed by atoms with Crippen molar-refractivity contribution in [2.24, 2.45) is 0 Å². The minimum Gasteiger partial charge on any atom is -0.478 e. The van der Waals surface area contributed by atoms with Gasteiger partial charge in [0.1, 0.15) is 0 Å². The number of rotatable bonds is 3. The van der Waals surface area contributed by atoms with Gasteiger partial charge in [-0.3, -0.25) is 0 Å². The lowest BCUT2D eigenvalue weighted by molar-refractivity contribution is 0.0697. The molecule has 5 heteroatoms. The molecule has 1 aliphatic rings. The van der Waals surface area contributed by atoms with Gasteiger partial charge in [0.05, 0.1) is 22.4 Å². The van der Waals surface area contributed by atoms with Crippen LogP contribution in [0.5, 0.6) is 0 Å². The summed E-state index contributed by atoms with van der Waals surface area (Å²) in [6.07, 6.45) is 2.20. The summed E-state index contributed by atoms with van der Waals surface area (Å²) < 4.78 is 5.39. The largest absolute Gasteiger partial charge is 0.478 e. The van der Waals surface area contributed by atoms with Gasteiger partial charge in [-0.25, -0.2) is 4.79 Å². The van der Waals surface area contributed by atoms with E-state index in [0.717, 1.165) is 25.1 Å². The average molecular weight is 284 g/mol. The fourth-order valence-corrected chi connectivity index (χ4v) is 2.86. The second-order valence-corrected chi connectivity index (χ2v) is 5.30. The maximum atomic E-state index is 10.9. The van der Waals surface area contributed by atoms with E-state index in [1.54, 1.807) is 19.2 Å². The molecule has 2 atom stereocenters. The number of carboxylic acids is 1. The van der Waals surface area contributed by atoms with Crippen molar-refractivity contribution in [2.75, 3.05) is 18.6 Å². The fourth-order valence-electron chi connectivity index (χ4n) is 2.57. The molecule has 1 aromatic carbocycles. The standard InChI is InChI=1S/C14H18ClNO3/c1-9-7-11(19-2)5-6-16(9)13-4-3-10(14(17)18)8-12(13)15/h3-4,8-9,11H,5-7H2,1-2H3,(H,17,18). The Kier molecular flexibility index (Phi) is 4.32. The van der Waals surface area contributed by atoms with Crippen LogP contribution in [0.15, 0.2) is 18.2 Å². The van der Waals surface area contributed by atoms with E-state index < -0.39 is 5.97 Å². The summed E-state index contributed by atoms with van der Waals surface area (Å²) in [5.74, 6) is -0.959. The van der Waals surface area contributed by atoms with Gasteiger partial charge >= 0.3 is 5.97 Å². The van der Waals surface area contributed by atoms with Crippen LogP contribution in [0.25, 0.3) is 0 Å². The highest BCUT2D eigenvalue weighted by Crippen LogP contribution is 2.32. The second kappa shape index (κ2) is 5.80. The summed E-state index contributed by atoms with van der Waals surface area (Å²) >= 11 is 6.21. The molecule has 0 saturated carbocycles. The summed E-state index contributed by atoms with van der Waals surface area (Å²) in [6.45, 7) is 3.00. The lowest BCUT2D eigenvalue weighted by Crippen LogP contribution is -2.43. The van der Waals surface area contributed by atoms with Crippen molar-refractivity contribution in [1.82, 2.24) is 0 Å². The normalized spacial score (nSPS) is 23.4. The molecule has 0 radical (unpaired) electrons.